The van der Waals surface area contributed by atoms with Crippen LogP contribution in [0, 0.1) is 18.3 Å². The van der Waals surface area contributed by atoms with E-state index < -0.39 is 5.97 Å². The third-order valence-electron chi connectivity index (χ3n) is 3.56. The van der Waals surface area contributed by atoms with E-state index in [1.807, 2.05) is 0 Å². The predicted molar refractivity (Wildman–Crippen MR) is 77.0 cm³/mol. The first-order chi connectivity index (χ1) is 10.1. The summed E-state index contributed by atoms with van der Waals surface area (Å²) in [5.74, 6) is 1.63. The van der Waals surface area contributed by atoms with Gasteiger partial charge in [-0.2, -0.15) is 0 Å². The quantitative estimate of drug-likeness (QED) is 0.808. The summed E-state index contributed by atoms with van der Waals surface area (Å²) in [6.07, 6.45) is 6.90. The van der Waals surface area contributed by atoms with E-state index in [0.717, 1.165) is 0 Å². The number of aliphatic carboxylic acids is 1. The summed E-state index contributed by atoms with van der Waals surface area (Å²) in [6.45, 7) is 0.185. The Bertz CT molecular complexity index is 559. The maximum Gasteiger partial charge on any atom is 0.306 e. The Hall–Kier alpha value is -2.48. The molecule has 5 heteroatoms. The van der Waals surface area contributed by atoms with Crippen molar-refractivity contribution >= 4 is 11.9 Å². The number of terminal acetylenes is 1. The molecule has 0 aliphatic heterocycles. The Labute approximate surface area is 123 Å². The Kier molecular flexibility index (Phi) is 4.83. The first kappa shape index (κ1) is 14.9. The van der Waals surface area contributed by atoms with Gasteiger partial charge >= 0.3 is 5.97 Å². The lowest BCUT2D eigenvalue weighted by Gasteiger charge is -2.12. The molecule has 0 radical (unpaired) electrons. The van der Waals surface area contributed by atoms with Gasteiger partial charge in [-0.15, -0.1) is 6.42 Å². The van der Waals surface area contributed by atoms with Crippen LogP contribution in [0.3, 0.4) is 0 Å². The van der Waals surface area contributed by atoms with E-state index in [0.29, 0.717) is 30.6 Å². The molecule has 1 aromatic carbocycles. The summed E-state index contributed by atoms with van der Waals surface area (Å²) in [5.41, 5.74) is 0.516. The second kappa shape index (κ2) is 6.80. The lowest BCUT2D eigenvalue weighted by molar-refractivity contribution is -0.141. The fraction of sp³-hybridized carbons (Fsp3) is 0.375. The van der Waals surface area contributed by atoms with Crippen LogP contribution >= 0.6 is 0 Å². The van der Waals surface area contributed by atoms with E-state index in [9.17, 15) is 9.59 Å². The molecule has 0 saturated heterocycles. The largest absolute Gasteiger partial charge is 0.481 e. The normalized spacial score (nSPS) is 20.5. The minimum absolute atomic E-state index is 0.0732. The van der Waals surface area contributed by atoms with Gasteiger partial charge in [0, 0.05) is 11.6 Å². The Balaban J connectivity index is 1.89. The highest BCUT2D eigenvalue weighted by Crippen LogP contribution is 2.26. The van der Waals surface area contributed by atoms with Gasteiger partial charge < -0.3 is 15.2 Å². The molecule has 0 spiro atoms. The van der Waals surface area contributed by atoms with Crippen molar-refractivity contribution < 1.29 is 19.4 Å². The van der Waals surface area contributed by atoms with Gasteiger partial charge in [0.1, 0.15) is 12.4 Å². The second-order valence-electron chi connectivity index (χ2n) is 5.04. The number of amides is 1. The van der Waals surface area contributed by atoms with Crippen molar-refractivity contribution in [2.45, 2.75) is 25.3 Å². The molecular weight excluding hydrogens is 270 g/mol. The van der Waals surface area contributed by atoms with Crippen LogP contribution in [0.4, 0.5) is 0 Å². The molecule has 2 rings (SSSR count). The first-order valence-electron chi connectivity index (χ1n) is 6.80. The zero-order valence-corrected chi connectivity index (χ0v) is 11.5. The standard InChI is InChI=1S/C16H17NO4/c1-2-9-21-14-7-4-11(5-8-14)15(18)17-13-6-3-12(10-13)16(19)20/h1,4-5,7-8,12-13H,3,6,9-10H2,(H,17,18)(H,19,20)/t12-,13+/m0/s1. The van der Waals surface area contributed by atoms with Gasteiger partial charge in [-0.3, -0.25) is 9.59 Å². The number of benzene rings is 1. The van der Waals surface area contributed by atoms with E-state index in [2.05, 4.69) is 11.2 Å². The smallest absolute Gasteiger partial charge is 0.306 e. The SMILES string of the molecule is C#CCOc1ccc(C(=O)N[C@@H]2CC[C@H](C(=O)O)C2)cc1. The van der Waals surface area contributed by atoms with Crippen LogP contribution in [0.1, 0.15) is 29.6 Å². The zero-order valence-electron chi connectivity index (χ0n) is 11.5. The van der Waals surface area contributed by atoms with E-state index in [4.69, 9.17) is 16.3 Å². The van der Waals surface area contributed by atoms with Gasteiger partial charge in [0.05, 0.1) is 5.92 Å². The van der Waals surface area contributed by atoms with Gasteiger partial charge in [-0.25, -0.2) is 0 Å². The van der Waals surface area contributed by atoms with Crippen molar-refractivity contribution in [2.75, 3.05) is 6.61 Å². The van der Waals surface area contributed by atoms with Crippen LogP contribution in [0.5, 0.6) is 5.75 Å². The van der Waals surface area contributed by atoms with Crippen molar-refractivity contribution in [3.05, 3.63) is 29.8 Å². The number of nitrogens with one attached hydrogen (secondary N) is 1. The van der Waals surface area contributed by atoms with Crippen molar-refractivity contribution in [3.8, 4) is 18.1 Å². The number of carbonyl (C=O) groups excluding carboxylic acids is 1. The first-order valence-corrected chi connectivity index (χ1v) is 6.80. The molecule has 5 nitrogen and oxygen atoms in total. The van der Waals surface area contributed by atoms with Gasteiger partial charge in [0.15, 0.2) is 0 Å². The third-order valence-corrected chi connectivity index (χ3v) is 3.56. The molecule has 0 aromatic heterocycles. The number of rotatable bonds is 5. The fourth-order valence-electron chi connectivity index (χ4n) is 2.43. The fourth-order valence-corrected chi connectivity index (χ4v) is 2.43. The second-order valence-corrected chi connectivity index (χ2v) is 5.04. The topological polar surface area (TPSA) is 75.6 Å². The molecule has 2 atom stereocenters. The van der Waals surface area contributed by atoms with Crippen LogP contribution in [0.2, 0.25) is 0 Å². The number of hydrogen-bond acceptors (Lipinski definition) is 3. The van der Waals surface area contributed by atoms with E-state index in [1.54, 1.807) is 24.3 Å². The third kappa shape index (κ3) is 3.99. The molecule has 2 N–H and O–H groups in total. The van der Waals surface area contributed by atoms with Crippen molar-refractivity contribution in [1.82, 2.24) is 5.32 Å². The average molecular weight is 287 g/mol. The number of carboxylic acids is 1. The van der Waals surface area contributed by atoms with Crippen LogP contribution in [0.25, 0.3) is 0 Å². The summed E-state index contributed by atoms with van der Waals surface area (Å²) in [7, 11) is 0. The maximum absolute atomic E-state index is 12.1. The summed E-state index contributed by atoms with van der Waals surface area (Å²) in [6, 6.07) is 6.60. The number of carbonyl (C=O) groups is 2. The summed E-state index contributed by atoms with van der Waals surface area (Å²) in [4.78, 5) is 23.0. The van der Waals surface area contributed by atoms with Gasteiger partial charge in [0.25, 0.3) is 5.91 Å². The summed E-state index contributed by atoms with van der Waals surface area (Å²) >= 11 is 0. The molecule has 21 heavy (non-hydrogen) atoms. The predicted octanol–water partition coefficient (Wildman–Crippen LogP) is 1.68. The molecule has 1 aliphatic carbocycles. The van der Waals surface area contributed by atoms with Crippen LogP contribution in [-0.4, -0.2) is 29.6 Å². The number of ether oxygens (including phenoxy) is 1. The number of hydrogen-bond donors (Lipinski definition) is 2. The van der Waals surface area contributed by atoms with Crippen molar-refractivity contribution in [1.29, 1.82) is 0 Å². The Morgan fingerprint density at radius 1 is 1.33 bits per heavy atom. The van der Waals surface area contributed by atoms with Gasteiger partial charge in [0.2, 0.25) is 0 Å². The molecule has 0 unspecified atom stereocenters. The van der Waals surface area contributed by atoms with Crippen LogP contribution in [-0.2, 0) is 4.79 Å². The Morgan fingerprint density at radius 3 is 2.62 bits per heavy atom. The lowest BCUT2D eigenvalue weighted by Crippen LogP contribution is -2.33. The lowest BCUT2D eigenvalue weighted by atomic mass is 10.1. The molecule has 0 heterocycles. The molecule has 1 aromatic rings. The highest BCUT2D eigenvalue weighted by molar-refractivity contribution is 5.94. The van der Waals surface area contributed by atoms with Crippen molar-refractivity contribution in [3.63, 3.8) is 0 Å². The molecule has 1 saturated carbocycles. The molecule has 1 amide bonds. The molecule has 1 fully saturated rings. The monoisotopic (exact) mass is 287 g/mol. The summed E-state index contributed by atoms with van der Waals surface area (Å²) < 4.78 is 5.23. The number of carboxylic acid groups (broad SMARTS) is 1. The highest BCUT2D eigenvalue weighted by atomic mass is 16.5. The van der Waals surface area contributed by atoms with Gasteiger partial charge in [-0.05, 0) is 43.5 Å². The van der Waals surface area contributed by atoms with Gasteiger partial charge in [-0.1, -0.05) is 5.92 Å². The minimum Gasteiger partial charge on any atom is -0.481 e. The molecular formula is C16H17NO4. The maximum atomic E-state index is 12.1. The molecule has 110 valence electrons. The highest BCUT2D eigenvalue weighted by Gasteiger charge is 2.30. The van der Waals surface area contributed by atoms with E-state index >= 15 is 0 Å². The van der Waals surface area contributed by atoms with Crippen LogP contribution in [0.15, 0.2) is 24.3 Å². The summed E-state index contributed by atoms with van der Waals surface area (Å²) in [5, 5.41) is 11.8. The average Bonchev–Trinajstić information content (AvgIpc) is 2.94. The molecule has 1 aliphatic rings. The Morgan fingerprint density at radius 2 is 2.05 bits per heavy atom. The van der Waals surface area contributed by atoms with Crippen molar-refractivity contribution in [2.24, 2.45) is 5.92 Å². The zero-order chi connectivity index (χ0) is 15.2. The molecule has 0 bridgehead atoms. The van der Waals surface area contributed by atoms with E-state index in [-0.39, 0.29) is 24.5 Å². The van der Waals surface area contributed by atoms with Crippen LogP contribution < -0.4 is 10.1 Å². The minimum atomic E-state index is -0.790. The van der Waals surface area contributed by atoms with E-state index in [1.165, 1.54) is 0 Å².